The molecule has 4 fully saturated rings. The summed E-state index contributed by atoms with van der Waals surface area (Å²) in [4.78, 5) is 12.8. The van der Waals surface area contributed by atoms with Gasteiger partial charge in [-0.2, -0.15) is 0 Å². The lowest BCUT2D eigenvalue weighted by molar-refractivity contribution is -0.0688. The quantitative estimate of drug-likeness (QED) is 0.800. The van der Waals surface area contributed by atoms with Crippen LogP contribution in [0.4, 0.5) is 0 Å². The molecule has 1 aromatic carbocycles. The Morgan fingerprint density at radius 1 is 1.21 bits per heavy atom. The zero-order valence-corrected chi connectivity index (χ0v) is 16.1. The molecule has 4 aliphatic carbocycles. The Bertz CT molecular complexity index is 622. The minimum absolute atomic E-state index is 0.00372. The highest BCUT2D eigenvalue weighted by atomic mass is 79.9. The molecule has 1 atom stereocenters. The van der Waals surface area contributed by atoms with Crippen molar-refractivity contribution in [2.75, 3.05) is 7.11 Å². The molecule has 4 bridgehead atoms. The number of carbonyl (C=O) groups excluding carboxylic acids is 1. The summed E-state index contributed by atoms with van der Waals surface area (Å²) in [6.07, 6.45) is 8.21. The first kappa shape index (κ1) is 16.4. The van der Waals surface area contributed by atoms with E-state index in [9.17, 15) is 4.79 Å². The van der Waals surface area contributed by atoms with Crippen molar-refractivity contribution in [2.24, 2.45) is 23.2 Å². The lowest BCUT2D eigenvalue weighted by Crippen LogP contribution is -2.55. The Labute approximate surface area is 152 Å². The van der Waals surface area contributed by atoms with Gasteiger partial charge in [-0.1, -0.05) is 0 Å². The number of nitrogens with one attached hydrogen (secondary N) is 1. The van der Waals surface area contributed by atoms with Crippen molar-refractivity contribution < 1.29 is 9.53 Å². The highest BCUT2D eigenvalue weighted by Gasteiger charge is 2.53. The summed E-state index contributed by atoms with van der Waals surface area (Å²) in [7, 11) is 1.63. The minimum Gasteiger partial charge on any atom is -0.497 e. The number of benzene rings is 1. The summed E-state index contributed by atoms with van der Waals surface area (Å²) in [5.41, 5.74) is 0.987. The molecule has 0 aliphatic heterocycles. The second-order valence-corrected chi connectivity index (χ2v) is 9.18. The molecule has 1 N–H and O–H groups in total. The first-order chi connectivity index (χ1) is 11.5. The molecule has 0 aromatic heterocycles. The summed E-state index contributed by atoms with van der Waals surface area (Å²) in [5, 5.41) is 3.32. The molecule has 0 heterocycles. The summed E-state index contributed by atoms with van der Waals surface area (Å²) in [6.45, 7) is 2.22. The van der Waals surface area contributed by atoms with Crippen molar-refractivity contribution in [3.8, 4) is 5.75 Å². The van der Waals surface area contributed by atoms with Gasteiger partial charge in [0.2, 0.25) is 0 Å². The van der Waals surface area contributed by atoms with Gasteiger partial charge in [-0.05, 0) is 103 Å². The van der Waals surface area contributed by atoms with E-state index in [4.69, 9.17) is 4.74 Å². The van der Waals surface area contributed by atoms with Crippen LogP contribution in [-0.4, -0.2) is 19.1 Å². The molecule has 4 aliphatic rings. The van der Waals surface area contributed by atoms with Gasteiger partial charge in [0.05, 0.1) is 12.7 Å². The first-order valence-electron chi connectivity index (χ1n) is 9.13. The van der Waals surface area contributed by atoms with Crippen LogP contribution in [0.3, 0.4) is 0 Å². The highest BCUT2D eigenvalue weighted by Crippen LogP contribution is 2.61. The maximum Gasteiger partial charge on any atom is 0.252 e. The van der Waals surface area contributed by atoms with Gasteiger partial charge < -0.3 is 10.1 Å². The molecule has 24 heavy (non-hydrogen) atoms. The van der Waals surface area contributed by atoms with Gasteiger partial charge in [0.25, 0.3) is 5.91 Å². The zero-order valence-electron chi connectivity index (χ0n) is 14.5. The van der Waals surface area contributed by atoms with E-state index in [1.165, 1.54) is 38.5 Å². The maximum absolute atomic E-state index is 12.8. The smallest absolute Gasteiger partial charge is 0.252 e. The molecule has 0 radical (unpaired) electrons. The van der Waals surface area contributed by atoms with Crippen molar-refractivity contribution in [3.63, 3.8) is 0 Å². The molecule has 4 saturated carbocycles. The van der Waals surface area contributed by atoms with Crippen molar-refractivity contribution in [3.05, 3.63) is 28.2 Å². The van der Waals surface area contributed by atoms with Crippen LogP contribution in [0.15, 0.2) is 22.7 Å². The normalized spacial score (nSPS) is 34.9. The van der Waals surface area contributed by atoms with Crippen LogP contribution in [0.25, 0.3) is 0 Å². The van der Waals surface area contributed by atoms with Gasteiger partial charge in [0, 0.05) is 10.5 Å². The van der Waals surface area contributed by atoms with Crippen LogP contribution in [-0.2, 0) is 0 Å². The van der Waals surface area contributed by atoms with E-state index >= 15 is 0 Å². The molecule has 0 spiro atoms. The topological polar surface area (TPSA) is 38.3 Å². The van der Waals surface area contributed by atoms with Crippen LogP contribution in [0.1, 0.15) is 55.8 Å². The van der Waals surface area contributed by atoms with E-state index in [2.05, 4.69) is 28.2 Å². The SMILES string of the molecule is COc1ccc(Br)c(C(=O)N[C@@H](C)C23CC4CC(CC(C4)C2)C3)c1. The van der Waals surface area contributed by atoms with Gasteiger partial charge in [-0.3, -0.25) is 4.79 Å². The van der Waals surface area contributed by atoms with Crippen molar-refractivity contribution in [1.29, 1.82) is 0 Å². The first-order valence-corrected chi connectivity index (χ1v) is 9.93. The monoisotopic (exact) mass is 391 g/mol. The van der Waals surface area contributed by atoms with E-state index < -0.39 is 0 Å². The fourth-order valence-corrected chi connectivity index (χ4v) is 6.37. The van der Waals surface area contributed by atoms with Gasteiger partial charge in [0.15, 0.2) is 0 Å². The summed E-state index contributed by atoms with van der Waals surface area (Å²) >= 11 is 3.50. The Hall–Kier alpha value is -1.03. The molecule has 0 unspecified atom stereocenters. The second kappa shape index (κ2) is 6.05. The van der Waals surface area contributed by atoms with E-state index in [0.29, 0.717) is 16.7 Å². The standard InChI is InChI=1S/C20H26BrNO2/c1-12(20-9-13-5-14(10-20)7-15(6-13)11-20)22-19(23)17-8-16(24-2)3-4-18(17)21/h3-4,8,12-15H,5-7,9-11H2,1-2H3,(H,22,23)/t12-,13?,14?,15?,20?/m0/s1. The van der Waals surface area contributed by atoms with Gasteiger partial charge in [-0.25, -0.2) is 0 Å². The molecule has 0 saturated heterocycles. The molecule has 5 rings (SSSR count). The number of ether oxygens (including phenoxy) is 1. The molecule has 4 heteroatoms. The lowest BCUT2D eigenvalue weighted by Gasteiger charge is -2.59. The Kier molecular flexibility index (Phi) is 4.14. The Balaban J connectivity index is 1.52. The van der Waals surface area contributed by atoms with E-state index in [1.54, 1.807) is 7.11 Å². The lowest BCUT2D eigenvalue weighted by atomic mass is 9.48. The van der Waals surface area contributed by atoms with Crippen LogP contribution in [0.2, 0.25) is 0 Å². The predicted molar refractivity (Wildman–Crippen MR) is 98.2 cm³/mol. The van der Waals surface area contributed by atoms with Crippen LogP contribution in [0, 0.1) is 23.2 Å². The molecule has 1 amide bonds. The number of hydrogen-bond acceptors (Lipinski definition) is 2. The van der Waals surface area contributed by atoms with Crippen molar-refractivity contribution in [2.45, 2.75) is 51.5 Å². The van der Waals surface area contributed by atoms with E-state index in [0.717, 1.165) is 22.2 Å². The fraction of sp³-hybridized carbons (Fsp3) is 0.650. The third-order valence-corrected chi connectivity index (χ3v) is 7.46. The van der Waals surface area contributed by atoms with Crippen molar-refractivity contribution in [1.82, 2.24) is 5.32 Å². The van der Waals surface area contributed by atoms with Gasteiger partial charge >= 0.3 is 0 Å². The predicted octanol–water partition coefficient (Wildman–Crippen LogP) is 4.79. The molecular formula is C20H26BrNO2. The largest absolute Gasteiger partial charge is 0.497 e. The maximum atomic E-state index is 12.8. The minimum atomic E-state index is 0.00372. The number of amides is 1. The highest BCUT2D eigenvalue weighted by molar-refractivity contribution is 9.10. The third-order valence-electron chi connectivity index (χ3n) is 6.77. The fourth-order valence-electron chi connectivity index (χ4n) is 5.94. The zero-order chi connectivity index (χ0) is 16.9. The average molecular weight is 392 g/mol. The Morgan fingerprint density at radius 2 is 1.79 bits per heavy atom. The summed E-state index contributed by atoms with van der Waals surface area (Å²) < 4.78 is 6.08. The Morgan fingerprint density at radius 3 is 2.33 bits per heavy atom. The van der Waals surface area contributed by atoms with Gasteiger partial charge in [-0.15, -0.1) is 0 Å². The number of rotatable bonds is 4. The summed E-state index contributed by atoms with van der Waals surface area (Å²) in [6, 6.07) is 5.79. The number of carbonyl (C=O) groups is 1. The number of halogens is 1. The molecule has 3 nitrogen and oxygen atoms in total. The molecular weight excluding hydrogens is 366 g/mol. The van der Waals surface area contributed by atoms with Crippen LogP contribution < -0.4 is 10.1 Å². The number of hydrogen-bond donors (Lipinski definition) is 1. The van der Waals surface area contributed by atoms with Crippen molar-refractivity contribution >= 4 is 21.8 Å². The van der Waals surface area contributed by atoms with Crippen LogP contribution >= 0.6 is 15.9 Å². The summed E-state index contributed by atoms with van der Waals surface area (Å²) in [5.74, 6) is 3.42. The van der Waals surface area contributed by atoms with E-state index in [1.807, 2.05) is 18.2 Å². The van der Waals surface area contributed by atoms with Crippen LogP contribution in [0.5, 0.6) is 5.75 Å². The number of methoxy groups -OCH3 is 1. The molecule has 1 aromatic rings. The average Bonchev–Trinajstić information content (AvgIpc) is 2.54. The van der Waals surface area contributed by atoms with E-state index in [-0.39, 0.29) is 11.9 Å². The molecule has 130 valence electrons. The second-order valence-electron chi connectivity index (χ2n) is 8.32. The van der Waals surface area contributed by atoms with Gasteiger partial charge in [0.1, 0.15) is 5.75 Å². The third kappa shape index (κ3) is 2.77.